The van der Waals surface area contributed by atoms with Crippen molar-refractivity contribution in [2.75, 3.05) is 0 Å². The predicted molar refractivity (Wildman–Crippen MR) is 59.7 cm³/mol. The number of carboxylic acids is 1. The number of nitrogens with zero attached hydrogens (tertiary/aromatic N) is 4. The molecule has 8 heteroatoms. The van der Waals surface area contributed by atoms with Crippen LogP contribution in [0.2, 0.25) is 0 Å². The molecule has 0 aliphatic rings. The Morgan fingerprint density at radius 2 is 2.22 bits per heavy atom. The molecule has 2 rings (SSSR count). The van der Waals surface area contributed by atoms with E-state index in [0.717, 1.165) is 6.20 Å². The average Bonchev–Trinajstić information content (AvgIpc) is 2.78. The van der Waals surface area contributed by atoms with Gasteiger partial charge in [0.05, 0.1) is 16.7 Å². The van der Waals surface area contributed by atoms with Crippen LogP contribution in [0.5, 0.6) is 0 Å². The molecular formula is C10H8N4O4. The predicted octanol–water partition coefficient (Wildman–Crippen LogP) is 1.18. The van der Waals surface area contributed by atoms with Crippen LogP contribution in [0.15, 0.2) is 24.7 Å². The summed E-state index contributed by atoms with van der Waals surface area (Å²) in [6, 6.07) is 1.35. The lowest BCUT2D eigenvalue weighted by Crippen LogP contribution is -2.02. The van der Waals surface area contributed by atoms with Crippen molar-refractivity contribution < 1.29 is 14.8 Å². The maximum absolute atomic E-state index is 10.7. The quantitative estimate of drug-likeness (QED) is 0.644. The van der Waals surface area contributed by atoms with E-state index in [2.05, 4.69) is 10.1 Å². The van der Waals surface area contributed by atoms with Gasteiger partial charge in [-0.1, -0.05) is 0 Å². The molecule has 2 heterocycles. The number of nitro groups is 1. The first-order valence-corrected chi connectivity index (χ1v) is 4.88. The maximum Gasteiger partial charge on any atom is 0.338 e. The van der Waals surface area contributed by atoms with E-state index < -0.39 is 10.9 Å². The Balaban J connectivity index is 2.44. The molecule has 2 aromatic rings. The van der Waals surface area contributed by atoms with Crippen LogP contribution in [-0.2, 0) is 0 Å². The van der Waals surface area contributed by atoms with E-state index in [1.807, 2.05) is 0 Å². The van der Waals surface area contributed by atoms with E-state index in [4.69, 9.17) is 5.11 Å². The molecule has 0 spiro atoms. The van der Waals surface area contributed by atoms with Crippen molar-refractivity contribution in [3.05, 3.63) is 45.9 Å². The van der Waals surface area contributed by atoms with E-state index >= 15 is 0 Å². The van der Waals surface area contributed by atoms with Crippen molar-refractivity contribution in [1.82, 2.24) is 14.8 Å². The number of pyridine rings is 1. The molecule has 92 valence electrons. The van der Waals surface area contributed by atoms with Crippen LogP contribution in [-0.4, -0.2) is 30.8 Å². The van der Waals surface area contributed by atoms with Gasteiger partial charge < -0.3 is 5.11 Å². The first-order chi connectivity index (χ1) is 8.49. The number of aromatic nitrogens is 3. The fourth-order valence-electron chi connectivity index (χ4n) is 1.44. The van der Waals surface area contributed by atoms with Crippen LogP contribution in [0.3, 0.4) is 0 Å². The average molecular weight is 248 g/mol. The highest BCUT2D eigenvalue weighted by molar-refractivity contribution is 5.86. The van der Waals surface area contributed by atoms with Crippen LogP contribution in [0.1, 0.15) is 15.9 Å². The van der Waals surface area contributed by atoms with Gasteiger partial charge >= 0.3 is 5.97 Å². The molecule has 0 unspecified atom stereocenters. The Labute approximate surface area is 101 Å². The van der Waals surface area contributed by atoms with Gasteiger partial charge in [-0.3, -0.25) is 10.1 Å². The summed E-state index contributed by atoms with van der Waals surface area (Å²) in [7, 11) is 0. The molecule has 0 aromatic carbocycles. The third-order valence-corrected chi connectivity index (χ3v) is 2.29. The molecule has 0 saturated carbocycles. The molecule has 0 saturated heterocycles. The molecule has 18 heavy (non-hydrogen) atoms. The normalized spacial score (nSPS) is 10.3. The zero-order chi connectivity index (χ0) is 13.3. The molecule has 0 radical (unpaired) electrons. The summed E-state index contributed by atoms with van der Waals surface area (Å²) >= 11 is 0. The second-order valence-electron chi connectivity index (χ2n) is 3.57. The highest BCUT2D eigenvalue weighted by Crippen LogP contribution is 2.17. The highest BCUT2D eigenvalue weighted by atomic mass is 16.6. The smallest absolute Gasteiger partial charge is 0.338 e. The Kier molecular flexibility index (Phi) is 2.76. The van der Waals surface area contributed by atoms with Crippen LogP contribution in [0, 0.1) is 17.0 Å². The topological polar surface area (TPSA) is 111 Å². The number of aromatic carboxylic acids is 1. The Morgan fingerprint density at radius 3 is 2.72 bits per heavy atom. The number of hydrogen-bond acceptors (Lipinski definition) is 5. The Bertz CT molecular complexity index is 635. The first kappa shape index (κ1) is 11.7. The molecule has 8 nitrogen and oxygen atoms in total. The fraction of sp³-hybridized carbons (Fsp3) is 0.100. The molecule has 0 amide bonds. The highest BCUT2D eigenvalue weighted by Gasteiger charge is 2.13. The van der Waals surface area contributed by atoms with Crippen molar-refractivity contribution in [1.29, 1.82) is 0 Å². The molecule has 0 bridgehead atoms. The van der Waals surface area contributed by atoms with E-state index in [1.54, 1.807) is 6.92 Å². The molecule has 2 aromatic heterocycles. The van der Waals surface area contributed by atoms with Gasteiger partial charge in [0.25, 0.3) is 5.69 Å². The van der Waals surface area contributed by atoms with Gasteiger partial charge in [0.1, 0.15) is 6.20 Å². The molecule has 0 aliphatic heterocycles. The SMILES string of the molecule is Cc1cc([N+](=O)[O-])cnc1-n1cc(C(=O)O)cn1. The minimum absolute atomic E-state index is 0.0227. The number of aryl methyl sites for hydroxylation is 1. The monoisotopic (exact) mass is 248 g/mol. The second-order valence-corrected chi connectivity index (χ2v) is 3.57. The largest absolute Gasteiger partial charge is 0.478 e. The third kappa shape index (κ3) is 2.03. The van der Waals surface area contributed by atoms with Crippen molar-refractivity contribution >= 4 is 11.7 Å². The van der Waals surface area contributed by atoms with Crippen LogP contribution in [0.4, 0.5) is 5.69 Å². The summed E-state index contributed by atoms with van der Waals surface area (Å²) in [6.07, 6.45) is 3.58. The van der Waals surface area contributed by atoms with Gasteiger partial charge in [0.15, 0.2) is 5.82 Å². The number of carboxylic acid groups (broad SMARTS) is 1. The number of carbonyl (C=O) groups is 1. The standard InChI is InChI=1S/C10H8N4O4/c1-6-2-8(14(17)18)4-11-9(6)13-5-7(3-12-13)10(15)16/h2-5H,1H3,(H,15,16). The summed E-state index contributed by atoms with van der Waals surface area (Å²) in [4.78, 5) is 24.6. The second kappa shape index (κ2) is 4.24. The van der Waals surface area contributed by atoms with Gasteiger partial charge in [-0.05, 0) is 6.92 Å². The zero-order valence-corrected chi connectivity index (χ0v) is 9.27. The summed E-state index contributed by atoms with van der Waals surface area (Å²) in [6.45, 7) is 1.64. The lowest BCUT2D eigenvalue weighted by Gasteiger charge is -2.03. The van der Waals surface area contributed by atoms with Gasteiger partial charge in [-0.15, -0.1) is 0 Å². The first-order valence-electron chi connectivity index (χ1n) is 4.88. The van der Waals surface area contributed by atoms with Gasteiger partial charge in [-0.25, -0.2) is 14.5 Å². The van der Waals surface area contributed by atoms with Gasteiger partial charge in [-0.2, -0.15) is 5.10 Å². The van der Waals surface area contributed by atoms with Gasteiger partial charge in [0.2, 0.25) is 0 Å². The minimum atomic E-state index is -1.10. The van der Waals surface area contributed by atoms with E-state index in [9.17, 15) is 14.9 Å². The lowest BCUT2D eigenvalue weighted by atomic mass is 10.2. The molecule has 0 atom stereocenters. The van der Waals surface area contributed by atoms with E-state index in [0.29, 0.717) is 11.4 Å². The van der Waals surface area contributed by atoms with E-state index in [-0.39, 0.29) is 11.3 Å². The maximum atomic E-state index is 10.7. The van der Waals surface area contributed by atoms with E-state index in [1.165, 1.54) is 23.1 Å². The summed E-state index contributed by atoms with van der Waals surface area (Å²) in [5.41, 5.74) is 0.431. The Morgan fingerprint density at radius 1 is 1.50 bits per heavy atom. The van der Waals surface area contributed by atoms with Crippen LogP contribution < -0.4 is 0 Å². The number of rotatable bonds is 3. The van der Waals surface area contributed by atoms with Crippen molar-refractivity contribution in [3.8, 4) is 5.82 Å². The molecule has 0 aliphatic carbocycles. The number of hydrogen-bond donors (Lipinski definition) is 1. The zero-order valence-electron chi connectivity index (χ0n) is 9.27. The Hall–Kier alpha value is -2.77. The molecular weight excluding hydrogens is 240 g/mol. The third-order valence-electron chi connectivity index (χ3n) is 2.29. The molecule has 1 N–H and O–H groups in total. The van der Waals surface area contributed by atoms with Gasteiger partial charge in [0, 0.05) is 17.8 Å². The minimum Gasteiger partial charge on any atom is -0.478 e. The lowest BCUT2D eigenvalue weighted by molar-refractivity contribution is -0.385. The van der Waals surface area contributed by atoms with Crippen molar-refractivity contribution in [2.45, 2.75) is 6.92 Å². The van der Waals surface area contributed by atoms with Crippen molar-refractivity contribution in [3.63, 3.8) is 0 Å². The summed E-state index contributed by atoms with van der Waals surface area (Å²) < 4.78 is 1.27. The summed E-state index contributed by atoms with van der Waals surface area (Å²) in [5.74, 6) is -0.742. The summed E-state index contributed by atoms with van der Waals surface area (Å²) in [5, 5.41) is 23.2. The van der Waals surface area contributed by atoms with Crippen LogP contribution in [0.25, 0.3) is 5.82 Å². The fourth-order valence-corrected chi connectivity index (χ4v) is 1.44. The molecule has 0 fully saturated rings. The van der Waals surface area contributed by atoms with Crippen LogP contribution >= 0.6 is 0 Å². The van der Waals surface area contributed by atoms with Crippen molar-refractivity contribution in [2.24, 2.45) is 0 Å².